The van der Waals surface area contributed by atoms with Gasteiger partial charge in [-0.05, 0) is 44.2 Å². The van der Waals surface area contributed by atoms with Gasteiger partial charge in [-0.2, -0.15) is 0 Å². The van der Waals surface area contributed by atoms with Crippen LogP contribution in [0.4, 0.5) is 5.69 Å². The van der Waals surface area contributed by atoms with Crippen LogP contribution in [0.1, 0.15) is 35.8 Å². The summed E-state index contributed by atoms with van der Waals surface area (Å²) in [6.07, 6.45) is 0. The number of hydrogen-bond acceptors (Lipinski definition) is 4. The Morgan fingerprint density at radius 3 is 2.52 bits per heavy atom. The quantitative estimate of drug-likeness (QED) is 0.738. The summed E-state index contributed by atoms with van der Waals surface area (Å²) in [5.74, 6) is -0.315. The molecule has 0 aliphatic carbocycles. The molecule has 1 atom stereocenters. The normalized spacial score (nSPS) is 12.0. The number of rotatable bonds is 5. The van der Waals surface area contributed by atoms with Crippen LogP contribution >= 0.6 is 34.5 Å². The molecule has 0 bridgehead atoms. The van der Waals surface area contributed by atoms with Crippen molar-refractivity contribution in [2.24, 2.45) is 0 Å². The monoisotopic (exact) mass is 343 g/mol. The van der Waals surface area contributed by atoms with Gasteiger partial charge in [0.2, 0.25) is 0 Å². The highest BCUT2D eigenvalue weighted by molar-refractivity contribution is 7.20. The van der Waals surface area contributed by atoms with Crippen LogP contribution in [0.25, 0.3) is 0 Å². The lowest BCUT2D eigenvalue weighted by atomic mass is 10.1. The van der Waals surface area contributed by atoms with Crippen LogP contribution in [-0.4, -0.2) is 12.6 Å². The van der Waals surface area contributed by atoms with E-state index in [2.05, 4.69) is 5.32 Å². The number of anilines is 1. The highest BCUT2D eigenvalue weighted by atomic mass is 35.5. The lowest BCUT2D eigenvalue weighted by molar-refractivity contribution is 0.0526. The zero-order valence-corrected chi connectivity index (χ0v) is 14.0. The third-order valence-electron chi connectivity index (χ3n) is 2.93. The molecule has 6 heteroatoms. The SMILES string of the molecule is CCOC(=O)c1ccc(NC(C)c2cc(Cl)sc2Cl)cc1. The number of hydrogen-bond donors (Lipinski definition) is 1. The summed E-state index contributed by atoms with van der Waals surface area (Å²) in [4.78, 5) is 11.6. The largest absolute Gasteiger partial charge is 0.462 e. The summed E-state index contributed by atoms with van der Waals surface area (Å²) in [6.45, 7) is 4.15. The molecule has 1 N–H and O–H groups in total. The van der Waals surface area contributed by atoms with E-state index >= 15 is 0 Å². The third-order valence-corrected chi connectivity index (χ3v) is 4.45. The zero-order chi connectivity index (χ0) is 15.4. The van der Waals surface area contributed by atoms with E-state index in [-0.39, 0.29) is 12.0 Å². The van der Waals surface area contributed by atoms with Gasteiger partial charge in [-0.25, -0.2) is 4.79 Å². The lowest BCUT2D eigenvalue weighted by Gasteiger charge is -2.15. The van der Waals surface area contributed by atoms with E-state index in [1.54, 1.807) is 19.1 Å². The van der Waals surface area contributed by atoms with E-state index in [0.29, 0.717) is 20.8 Å². The Hall–Kier alpha value is -1.23. The molecule has 1 aromatic carbocycles. The fraction of sp³-hybridized carbons (Fsp3) is 0.267. The van der Waals surface area contributed by atoms with Gasteiger partial charge in [-0.15, -0.1) is 11.3 Å². The van der Waals surface area contributed by atoms with Crippen LogP contribution < -0.4 is 5.32 Å². The van der Waals surface area contributed by atoms with Crippen LogP contribution in [0.5, 0.6) is 0 Å². The third kappa shape index (κ3) is 4.13. The van der Waals surface area contributed by atoms with Crippen molar-refractivity contribution < 1.29 is 9.53 Å². The van der Waals surface area contributed by atoms with Crippen molar-refractivity contribution in [2.45, 2.75) is 19.9 Å². The van der Waals surface area contributed by atoms with Crippen molar-refractivity contribution in [1.29, 1.82) is 0 Å². The first-order valence-corrected chi connectivity index (χ1v) is 8.07. The van der Waals surface area contributed by atoms with Crippen molar-refractivity contribution >= 4 is 46.2 Å². The van der Waals surface area contributed by atoms with E-state index in [1.165, 1.54) is 11.3 Å². The van der Waals surface area contributed by atoms with E-state index in [1.807, 2.05) is 25.1 Å². The molecule has 3 nitrogen and oxygen atoms in total. The number of esters is 1. The predicted molar refractivity (Wildman–Crippen MR) is 88.8 cm³/mol. The lowest BCUT2D eigenvalue weighted by Crippen LogP contribution is -2.07. The molecular formula is C15H15Cl2NO2S. The molecule has 0 saturated heterocycles. The smallest absolute Gasteiger partial charge is 0.338 e. The number of halogens is 2. The Kier molecular flexibility index (Phi) is 5.51. The molecule has 0 fully saturated rings. The van der Waals surface area contributed by atoms with E-state index in [0.717, 1.165) is 11.3 Å². The van der Waals surface area contributed by atoms with Gasteiger partial charge in [0, 0.05) is 11.3 Å². The highest BCUT2D eigenvalue weighted by Gasteiger charge is 2.13. The molecule has 1 aromatic heterocycles. The minimum absolute atomic E-state index is 0.0229. The summed E-state index contributed by atoms with van der Waals surface area (Å²) in [7, 11) is 0. The fourth-order valence-electron chi connectivity index (χ4n) is 1.89. The average molecular weight is 344 g/mol. The number of ether oxygens (including phenoxy) is 1. The highest BCUT2D eigenvalue weighted by Crippen LogP contribution is 2.36. The van der Waals surface area contributed by atoms with Crippen molar-refractivity contribution in [3.63, 3.8) is 0 Å². The van der Waals surface area contributed by atoms with Gasteiger partial charge < -0.3 is 10.1 Å². The number of carbonyl (C=O) groups is 1. The number of thiophene rings is 1. The fourth-order valence-corrected chi connectivity index (χ4v) is 3.54. The van der Waals surface area contributed by atoms with Gasteiger partial charge >= 0.3 is 5.97 Å². The second kappa shape index (κ2) is 7.16. The predicted octanol–water partition coefficient (Wildman–Crippen LogP) is 5.40. The maximum Gasteiger partial charge on any atom is 0.338 e. The van der Waals surface area contributed by atoms with Crippen LogP contribution in [0.3, 0.4) is 0 Å². The first-order valence-electron chi connectivity index (χ1n) is 6.49. The molecular weight excluding hydrogens is 329 g/mol. The van der Waals surface area contributed by atoms with Crippen LogP contribution in [0, 0.1) is 0 Å². The Balaban J connectivity index is 2.06. The van der Waals surface area contributed by atoms with Crippen LogP contribution in [0.2, 0.25) is 8.67 Å². The van der Waals surface area contributed by atoms with Crippen molar-refractivity contribution in [3.8, 4) is 0 Å². The minimum atomic E-state index is -0.315. The maximum absolute atomic E-state index is 11.6. The first kappa shape index (κ1) is 16.1. The Morgan fingerprint density at radius 1 is 1.33 bits per heavy atom. The molecule has 1 unspecified atom stereocenters. The van der Waals surface area contributed by atoms with Crippen LogP contribution in [-0.2, 0) is 4.74 Å². The van der Waals surface area contributed by atoms with E-state index in [4.69, 9.17) is 27.9 Å². The summed E-state index contributed by atoms with van der Waals surface area (Å²) in [6, 6.07) is 9.02. The Bertz CT molecular complexity index is 625. The molecule has 112 valence electrons. The summed E-state index contributed by atoms with van der Waals surface area (Å²) < 4.78 is 6.30. The number of nitrogens with one attached hydrogen (secondary N) is 1. The van der Waals surface area contributed by atoms with Crippen molar-refractivity contribution in [3.05, 3.63) is 50.1 Å². The average Bonchev–Trinajstić information content (AvgIpc) is 2.79. The Labute approximate surface area is 137 Å². The molecule has 0 saturated carbocycles. The minimum Gasteiger partial charge on any atom is -0.462 e. The molecule has 21 heavy (non-hydrogen) atoms. The summed E-state index contributed by atoms with van der Waals surface area (Å²) in [5.41, 5.74) is 2.39. The van der Waals surface area contributed by atoms with Gasteiger partial charge in [0.15, 0.2) is 0 Å². The maximum atomic E-state index is 11.6. The van der Waals surface area contributed by atoms with Gasteiger partial charge in [0.05, 0.1) is 26.9 Å². The second-order valence-electron chi connectivity index (χ2n) is 4.44. The van der Waals surface area contributed by atoms with Gasteiger partial charge in [-0.3, -0.25) is 0 Å². The first-order chi connectivity index (χ1) is 10.0. The van der Waals surface area contributed by atoms with Gasteiger partial charge in [0.1, 0.15) is 0 Å². The molecule has 0 aliphatic heterocycles. The standard InChI is InChI=1S/C15H15Cl2NO2S/c1-3-20-15(19)10-4-6-11(7-5-10)18-9(2)12-8-13(16)21-14(12)17/h4-9,18H,3H2,1-2H3. The summed E-state index contributed by atoms with van der Waals surface area (Å²) in [5, 5.41) is 3.32. The second-order valence-corrected chi connectivity index (χ2v) is 6.73. The number of benzene rings is 1. The van der Waals surface area contributed by atoms with Gasteiger partial charge in [0.25, 0.3) is 0 Å². The van der Waals surface area contributed by atoms with E-state index in [9.17, 15) is 4.79 Å². The molecule has 1 heterocycles. The molecule has 0 aliphatic rings. The Morgan fingerprint density at radius 2 is 2.00 bits per heavy atom. The van der Waals surface area contributed by atoms with Crippen molar-refractivity contribution in [2.75, 3.05) is 11.9 Å². The van der Waals surface area contributed by atoms with Crippen LogP contribution in [0.15, 0.2) is 30.3 Å². The molecule has 2 aromatic rings. The van der Waals surface area contributed by atoms with Gasteiger partial charge in [-0.1, -0.05) is 23.2 Å². The van der Waals surface area contributed by atoms with Crippen molar-refractivity contribution in [1.82, 2.24) is 0 Å². The zero-order valence-electron chi connectivity index (χ0n) is 11.7. The number of carbonyl (C=O) groups excluding carboxylic acids is 1. The topological polar surface area (TPSA) is 38.3 Å². The molecule has 2 rings (SSSR count). The molecule has 0 amide bonds. The summed E-state index contributed by atoms with van der Waals surface area (Å²) >= 11 is 13.4. The molecule has 0 spiro atoms. The van der Waals surface area contributed by atoms with E-state index < -0.39 is 0 Å². The molecule has 0 radical (unpaired) electrons.